The van der Waals surface area contributed by atoms with Gasteiger partial charge < -0.3 is 5.11 Å². The Morgan fingerprint density at radius 3 is 2.56 bits per heavy atom. The molecule has 4 heteroatoms. The lowest BCUT2D eigenvalue weighted by molar-refractivity contribution is 0.215. The number of halogens is 2. The highest BCUT2D eigenvalue weighted by Gasteiger charge is 2.16. The highest BCUT2D eigenvalue weighted by Crippen LogP contribution is 2.27. The summed E-state index contributed by atoms with van der Waals surface area (Å²) in [6, 6.07) is 7.81. The van der Waals surface area contributed by atoms with E-state index in [4.69, 9.17) is 11.6 Å². The van der Waals surface area contributed by atoms with Crippen molar-refractivity contribution in [2.75, 3.05) is 0 Å². The number of hydrogen-bond acceptors (Lipinski definition) is 2. The number of nitrogens with zero attached hydrogens (tertiary/aromatic N) is 1. The molecule has 0 aliphatic carbocycles. The smallest absolute Gasteiger partial charge is 0.147 e. The Morgan fingerprint density at radius 2 is 1.88 bits per heavy atom. The maximum atomic E-state index is 13.6. The monoisotopic (exact) mass is 237 g/mol. The summed E-state index contributed by atoms with van der Waals surface area (Å²) in [4.78, 5) is 3.83. The maximum Gasteiger partial charge on any atom is 0.147 e. The summed E-state index contributed by atoms with van der Waals surface area (Å²) in [5.41, 5.74) is 0.745. The highest BCUT2D eigenvalue weighted by atomic mass is 35.5. The van der Waals surface area contributed by atoms with Gasteiger partial charge in [0.05, 0.1) is 5.02 Å². The van der Waals surface area contributed by atoms with Gasteiger partial charge in [-0.25, -0.2) is 4.39 Å². The molecule has 1 aromatic carbocycles. The summed E-state index contributed by atoms with van der Waals surface area (Å²) < 4.78 is 13.6. The number of benzene rings is 1. The van der Waals surface area contributed by atoms with E-state index in [1.807, 2.05) is 0 Å². The predicted octanol–water partition coefficient (Wildman–Crippen LogP) is 2.96. The number of aliphatic hydroxyl groups excluding tert-OH is 1. The average Bonchev–Trinajstić information content (AvgIpc) is 2.33. The quantitative estimate of drug-likeness (QED) is 0.871. The molecule has 82 valence electrons. The summed E-state index contributed by atoms with van der Waals surface area (Å²) in [6.45, 7) is 0. The van der Waals surface area contributed by atoms with Crippen LogP contribution in [0.3, 0.4) is 0 Å². The van der Waals surface area contributed by atoms with Crippen LogP contribution in [-0.2, 0) is 0 Å². The minimum atomic E-state index is -1.03. The van der Waals surface area contributed by atoms with Gasteiger partial charge >= 0.3 is 0 Å². The predicted molar refractivity (Wildman–Crippen MR) is 59.7 cm³/mol. The molecule has 16 heavy (non-hydrogen) atoms. The summed E-state index contributed by atoms with van der Waals surface area (Å²) in [5.74, 6) is -0.589. The summed E-state index contributed by atoms with van der Waals surface area (Å²) in [5, 5.41) is 9.98. The fraction of sp³-hybridized carbons (Fsp3) is 0.0833. The van der Waals surface area contributed by atoms with Crippen molar-refractivity contribution in [2.24, 2.45) is 0 Å². The zero-order valence-electron chi connectivity index (χ0n) is 8.27. The van der Waals surface area contributed by atoms with Crippen molar-refractivity contribution in [2.45, 2.75) is 6.10 Å². The molecule has 0 aliphatic heterocycles. The molecule has 0 saturated carbocycles. The van der Waals surface area contributed by atoms with Crippen LogP contribution < -0.4 is 0 Å². The van der Waals surface area contributed by atoms with E-state index in [2.05, 4.69) is 4.98 Å². The highest BCUT2D eigenvalue weighted by molar-refractivity contribution is 6.30. The molecule has 0 saturated heterocycles. The maximum absolute atomic E-state index is 13.6. The molecule has 1 atom stereocenters. The van der Waals surface area contributed by atoms with Crippen molar-refractivity contribution < 1.29 is 9.50 Å². The Bertz CT molecular complexity index is 490. The lowest BCUT2D eigenvalue weighted by atomic mass is 10.0. The van der Waals surface area contributed by atoms with E-state index in [0.29, 0.717) is 5.56 Å². The zero-order chi connectivity index (χ0) is 11.5. The Morgan fingerprint density at radius 1 is 1.19 bits per heavy atom. The number of pyridine rings is 1. The van der Waals surface area contributed by atoms with Crippen molar-refractivity contribution in [3.05, 3.63) is 64.7 Å². The third kappa shape index (κ3) is 2.05. The normalized spacial score (nSPS) is 12.4. The Hall–Kier alpha value is -1.45. The van der Waals surface area contributed by atoms with Crippen molar-refractivity contribution in [1.29, 1.82) is 0 Å². The summed E-state index contributed by atoms with van der Waals surface area (Å²) >= 11 is 5.65. The molecular weight excluding hydrogens is 229 g/mol. The number of hydrogen-bond donors (Lipinski definition) is 1. The molecule has 1 N–H and O–H groups in total. The third-order valence-corrected chi connectivity index (χ3v) is 2.59. The van der Waals surface area contributed by atoms with Crippen LogP contribution in [0.25, 0.3) is 0 Å². The van der Waals surface area contributed by atoms with Gasteiger partial charge in [-0.3, -0.25) is 4.98 Å². The minimum absolute atomic E-state index is 0.00519. The Balaban J connectivity index is 2.42. The summed E-state index contributed by atoms with van der Waals surface area (Å²) in [7, 11) is 0. The van der Waals surface area contributed by atoms with E-state index in [-0.39, 0.29) is 10.6 Å². The first-order chi connectivity index (χ1) is 7.70. The molecule has 0 amide bonds. The van der Waals surface area contributed by atoms with Gasteiger partial charge in [-0.2, -0.15) is 0 Å². The average molecular weight is 238 g/mol. The first kappa shape index (κ1) is 11.0. The molecule has 0 fully saturated rings. The van der Waals surface area contributed by atoms with Gasteiger partial charge in [0.1, 0.15) is 11.9 Å². The van der Waals surface area contributed by atoms with E-state index in [9.17, 15) is 9.50 Å². The van der Waals surface area contributed by atoms with Crippen LogP contribution in [0.4, 0.5) is 4.39 Å². The van der Waals surface area contributed by atoms with Gasteiger partial charge in [-0.05, 0) is 23.8 Å². The largest absolute Gasteiger partial charge is 0.384 e. The Labute approximate surface area is 97.3 Å². The first-order valence-electron chi connectivity index (χ1n) is 4.72. The zero-order valence-corrected chi connectivity index (χ0v) is 9.03. The second-order valence-corrected chi connectivity index (χ2v) is 3.73. The van der Waals surface area contributed by atoms with Crippen LogP contribution in [0.1, 0.15) is 17.2 Å². The summed E-state index contributed by atoms with van der Waals surface area (Å²) in [6.07, 6.45) is 2.06. The Kier molecular flexibility index (Phi) is 3.17. The molecule has 0 spiro atoms. The topological polar surface area (TPSA) is 33.1 Å². The lowest BCUT2D eigenvalue weighted by Crippen LogP contribution is -2.02. The molecule has 2 rings (SSSR count). The number of aliphatic hydroxyl groups is 1. The molecule has 1 aromatic heterocycles. The molecule has 0 unspecified atom stereocenters. The van der Waals surface area contributed by atoms with E-state index in [0.717, 1.165) is 0 Å². The van der Waals surface area contributed by atoms with Crippen molar-refractivity contribution in [3.63, 3.8) is 0 Å². The second-order valence-electron chi connectivity index (χ2n) is 3.33. The van der Waals surface area contributed by atoms with Crippen LogP contribution in [0.5, 0.6) is 0 Å². The molecule has 0 aliphatic rings. The van der Waals surface area contributed by atoms with Crippen LogP contribution in [0.15, 0.2) is 42.7 Å². The molecule has 2 nitrogen and oxygen atoms in total. The lowest BCUT2D eigenvalue weighted by Gasteiger charge is -2.12. The fourth-order valence-electron chi connectivity index (χ4n) is 1.46. The van der Waals surface area contributed by atoms with Crippen molar-refractivity contribution in [1.82, 2.24) is 4.98 Å². The molecule has 0 bridgehead atoms. The molecular formula is C12H9ClFNO. The van der Waals surface area contributed by atoms with E-state index in [1.165, 1.54) is 12.1 Å². The fourth-order valence-corrected chi connectivity index (χ4v) is 1.64. The van der Waals surface area contributed by atoms with Crippen molar-refractivity contribution >= 4 is 11.6 Å². The van der Waals surface area contributed by atoms with Gasteiger partial charge in [0.2, 0.25) is 0 Å². The standard InChI is InChI=1S/C12H9ClFNO/c13-10-3-1-2-9(11(10)14)12(16)8-4-6-15-7-5-8/h1-7,12,16H/t12-/m0/s1. The molecule has 2 aromatic rings. The van der Waals surface area contributed by atoms with Crippen LogP contribution in [-0.4, -0.2) is 10.1 Å². The molecule has 0 radical (unpaired) electrons. The van der Waals surface area contributed by atoms with Gasteiger partial charge in [0.15, 0.2) is 0 Å². The first-order valence-corrected chi connectivity index (χ1v) is 5.10. The van der Waals surface area contributed by atoms with Gasteiger partial charge in [-0.1, -0.05) is 23.7 Å². The second kappa shape index (κ2) is 4.60. The molecule has 1 heterocycles. The van der Waals surface area contributed by atoms with Gasteiger partial charge in [0.25, 0.3) is 0 Å². The number of rotatable bonds is 2. The van der Waals surface area contributed by atoms with Crippen LogP contribution >= 0.6 is 11.6 Å². The van der Waals surface area contributed by atoms with Crippen LogP contribution in [0, 0.1) is 5.82 Å². The van der Waals surface area contributed by atoms with Gasteiger partial charge in [-0.15, -0.1) is 0 Å². The van der Waals surface area contributed by atoms with E-state index >= 15 is 0 Å². The third-order valence-electron chi connectivity index (χ3n) is 2.30. The number of aromatic nitrogens is 1. The van der Waals surface area contributed by atoms with E-state index < -0.39 is 11.9 Å². The van der Waals surface area contributed by atoms with Gasteiger partial charge in [0, 0.05) is 18.0 Å². The van der Waals surface area contributed by atoms with Crippen molar-refractivity contribution in [3.8, 4) is 0 Å². The van der Waals surface area contributed by atoms with Crippen LogP contribution in [0.2, 0.25) is 5.02 Å². The minimum Gasteiger partial charge on any atom is -0.384 e. The SMILES string of the molecule is O[C@@H](c1ccncc1)c1cccc(Cl)c1F. The van der Waals surface area contributed by atoms with E-state index in [1.54, 1.807) is 30.6 Å².